The number of benzene rings is 5. The van der Waals surface area contributed by atoms with Crippen LogP contribution >= 0.6 is 0 Å². The number of Topliss-reactive ketones (excluding diaryl/α,β-unsaturated/α-hetero) is 1. The summed E-state index contributed by atoms with van der Waals surface area (Å²) in [5, 5.41) is 43.1. The number of nitrogens with zero attached hydrogens (tertiary/aromatic N) is 17. The third-order valence-corrected chi connectivity index (χ3v) is 27.1. The molecule has 0 atom stereocenters. The second-order valence-corrected chi connectivity index (χ2v) is 39.8. The van der Waals surface area contributed by atoms with E-state index in [0.717, 1.165) is 154 Å². The van der Waals surface area contributed by atoms with E-state index in [1.807, 2.05) is 117 Å². The Morgan fingerprint density at radius 1 is 0.458 bits per heavy atom. The number of aromatic carboxylic acids is 3. The molecule has 2 saturated heterocycles. The van der Waals surface area contributed by atoms with Gasteiger partial charge in [0.1, 0.15) is 35.8 Å². The van der Waals surface area contributed by atoms with Crippen molar-refractivity contribution in [3.63, 3.8) is 0 Å². The van der Waals surface area contributed by atoms with Crippen molar-refractivity contribution in [2.24, 2.45) is 35.2 Å². The summed E-state index contributed by atoms with van der Waals surface area (Å²) in [4.78, 5) is 73.7. The normalized spacial score (nSPS) is 13.4. The lowest BCUT2D eigenvalue weighted by molar-refractivity contribution is -0.0158. The van der Waals surface area contributed by atoms with Crippen molar-refractivity contribution >= 4 is 94.9 Å². The van der Waals surface area contributed by atoms with Gasteiger partial charge in [0.2, 0.25) is 0 Å². The minimum atomic E-state index is -0.953. The van der Waals surface area contributed by atoms with Gasteiger partial charge < -0.3 is 66.4 Å². The first-order valence-corrected chi connectivity index (χ1v) is 49.9. The van der Waals surface area contributed by atoms with Crippen LogP contribution in [0.1, 0.15) is 254 Å². The van der Waals surface area contributed by atoms with E-state index in [-0.39, 0.29) is 17.3 Å². The number of likely N-dealkylation sites (tertiary alicyclic amines) is 2. The molecule has 2 fully saturated rings. The fourth-order valence-electron chi connectivity index (χ4n) is 19.6. The molecule has 19 rings (SSSR count). The topological polar surface area (TPSA) is 311 Å². The van der Waals surface area contributed by atoms with E-state index >= 15 is 0 Å². The van der Waals surface area contributed by atoms with Gasteiger partial charge in [-0.05, 0) is 246 Å². The van der Waals surface area contributed by atoms with Gasteiger partial charge in [-0.1, -0.05) is 107 Å². The molecule has 0 radical (unpaired) electrons. The van der Waals surface area contributed by atoms with Crippen molar-refractivity contribution in [1.29, 1.82) is 0 Å². The van der Waals surface area contributed by atoms with Crippen LogP contribution in [0.15, 0.2) is 189 Å². The maximum atomic E-state index is 12.0. The Balaban J connectivity index is 0.000000138. The molecular formula is C115H141N17O12. The van der Waals surface area contributed by atoms with E-state index < -0.39 is 17.9 Å². The number of rotatable bonds is 28. The highest BCUT2D eigenvalue weighted by Crippen LogP contribution is 2.39. The van der Waals surface area contributed by atoms with Crippen LogP contribution in [0.2, 0.25) is 0 Å². The molecule has 12 aromatic heterocycles. The van der Waals surface area contributed by atoms with Crippen LogP contribution in [0.5, 0.6) is 5.75 Å². The van der Waals surface area contributed by atoms with Gasteiger partial charge in [0.25, 0.3) is 0 Å². The average Bonchev–Trinajstić information content (AvgIpc) is 1.14. The van der Waals surface area contributed by atoms with Crippen LogP contribution in [-0.2, 0) is 73.8 Å². The monoisotopic (exact) mass is 1950 g/mol. The highest BCUT2D eigenvalue weighted by atomic mass is 16.5. The second-order valence-electron chi connectivity index (χ2n) is 39.8. The molecule has 17 aromatic rings. The predicted octanol–water partition coefficient (Wildman–Crippen LogP) is 22.6. The molecule has 29 heteroatoms. The first kappa shape index (κ1) is 106. The van der Waals surface area contributed by atoms with Crippen molar-refractivity contribution in [3.05, 3.63) is 273 Å². The number of carboxylic acid groups (broad SMARTS) is 3. The van der Waals surface area contributed by atoms with Crippen molar-refractivity contribution < 1.29 is 58.2 Å². The van der Waals surface area contributed by atoms with Crippen molar-refractivity contribution in [1.82, 2.24) is 81.5 Å². The number of piperidine rings is 2. The molecular weight excluding hydrogens is 1810 g/mol. The Morgan fingerprint density at radius 2 is 0.979 bits per heavy atom. The standard InChI is InChI=1S/C23H28N2O4.C22H32N2O4.C20H28N2O3.C19H19N5.C18H18N4.C13H16N2O/c1-14(2)19-10-18(29-7-6-28-5)11-20-21(23(26)27)13-25(22(19)20)12-17-9-15(3)8-16(4)24-17;1-15(2)19-12-16(11-17-13-20(22(25)26)23(3)21(17)19)14-24-7-5-18(6-8-24)28-10-9-27-4;1-13(2)17-10-14(12-22-7-5-16(25-4)6-8-22)9-15-11-18(20(23)24)21(3)19(15)17;1-13(2)16-11-23(3)17-8-7-14(10-15(16)17)19-21-12-24(22-19)18-6-4-5-9-20-18;1-12(2)15-11-21(3)16-8-7-13(10-14(15)16)18-19-17-6-4-5-9-22(17)20-18;1-8(2)10-7-15(4)12-6-5-11(9(3)16)14-13(10)12/h8-11,13-14H,6-7,12H2,1-5H3,(H,26,27);11-13,15,18H,5-10,14H2,1-4H3,(H,25,26);9-11,13,16H,5-8,12H2,1-4H3,(H,23,24);4-13H,1-3H3;4-12H,1-3H3;5-8H,1-4H3. The zero-order valence-corrected chi connectivity index (χ0v) is 87.7. The third-order valence-electron chi connectivity index (χ3n) is 27.1. The van der Waals surface area contributed by atoms with Crippen LogP contribution < -0.4 is 4.74 Å². The van der Waals surface area contributed by atoms with E-state index in [1.165, 1.54) is 60.8 Å². The molecule has 0 spiro atoms. The molecule has 144 heavy (non-hydrogen) atoms. The largest absolute Gasteiger partial charge is 0.491 e. The fraction of sp³-hybridized carbons (Fsp3) is 0.400. The Morgan fingerprint density at radius 3 is 1.49 bits per heavy atom. The SMILES string of the molecule is CC(=O)c1ccc2c(n1)c(C(C)C)cn2C.CC(C)c1cn(C)c2ccc(-c3nc4ccccn4n3)cc12.CC(C)c1cn(C)c2ccc(-c3ncn(-c4ccccn4)n3)cc12.COC1CCN(Cc2cc(C(C)C)c3c(c2)cc(C(=O)O)n3C)CC1.COCCOC1CCN(Cc2cc(C(C)C)c3c(c2)cc(C(=O)O)n3C)CC1.COCCOc1cc(C(C)C)c2c(c1)c(C(=O)O)cn2Cc1cc(C)cc(C)n1. The molecule has 0 bridgehead atoms. The van der Waals surface area contributed by atoms with E-state index in [4.69, 9.17) is 23.7 Å². The fourth-order valence-corrected chi connectivity index (χ4v) is 19.6. The van der Waals surface area contributed by atoms with E-state index in [9.17, 15) is 34.5 Å². The van der Waals surface area contributed by atoms with Crippen LogP contribution in [-0.4, -0.2) is 207 Å². The number of hydrogen-bond donors (Lipinski definition) is 3. The quantitative estimate of drug-likeness (QED) is 0.0303. The Kier molecular flexibility index (Phi) is 34.7. The third kappa shape index (κ3) is 24.8. The number of hydrogen-bond acceptors (Lipinski definition) is 18. The van der Waals surface area contributed by atoms with Crippen molar-refractivity contribution in [2.75, 3.05) is 73.9 Å². The maximum absolute atomic E-state index is 12.0. The number of pyridine rings is 4. The number of carbonyl (C=O) groups is 4. The molecule has 2 aliphatic heterocycles. The zero-order chi connectivity index (χ0) is 103. The maximum Gasteiger partial charge on any atom is 0.352 e. The summed E-state index contributed by atoms with van der Waals surface area (Å²) in [6, 6.07) is 48.5. The van der Waals surface area contributed by atoms with Gasteiger partial charge in [-0.15, -0.1) is 10.2 Å². The van der Waals surface area contributed by atoms with Gasteiger partial charge in [-0.25, -0.2) is 43.5 Å². The van der Waals surface area contributed by atoms with Gasteiger partial charge in [-0.3, -0.25) is 19.6 Å². The highest BCUT2D eigenvalue weighted by molar-refractivity contribution is 6.05. The summed E-state index contributed by atoms with van der Waals surface area (Å²) in [7, 11) is 15.0. The summed E-state index contributed by atoms with van der Waals surface area (Å²) < 4.78 is 42.7. The van der Waals surface area contributed by atoms with Gasteiger partial charge in [-0.2, -0.15) is 0 Å². The molecule has 5 aromatic carbocycles. The summed E-state index contributed by atoms with van der Waals surface area (Å²) in [5.74, 6) is 2.46. The molecule has 758 valence electrons. The molecule has 29 nitrogen and oxygen atoms in total. The number of carbonyl (C=O) groups excluding carboxylic acids is 1. The minimum absolute atomic E-state index is 0.0143. The Hall–Kier alpha value is -13.8. The van der Waals surface area contributed by atoms with Crippen molar-refractivity contribution in [3.8, 4) is 34.3 Å². The molecule has 0 saturated carbocycles. The van der Waals surface area contributed by atoms with E-state index in [0.29, 0.717) is 109 Å². The zero-order valence-electron chi connectivity index (χ0n) is 87.7. The first-order chi connectivity index (χ1) is 68.9. The molecule has 2 aliphatic rings. The summed E-state index contributed by atoms with van der Waals surface area (Å²) >= 11 is 0. The number of fused-ring (bicyclic) bond motifs is 7. The van der Waals surface area contributed by atoms with Crippen LogP contribution in [0.4, 0.5) is 0 Å². The number of aromatic nitrogens is 15. The predicted molar refractivity (Wildman–Crippen MR) is 571 cm³/mol. The lowest BCUT2D eigenvalue weighted by Crippen LogP contribution is -2.37. The number of carboxylic acids is 3. The number of aryl methyl sites for hydroxylation is 7. The summed E-state index contributed by atoms with van der Waals surface area (Å²) in [6.07, 6.45) is 18.5. The van der Waals surface area contributed by atoms with Crippen LogP contribution in [0.25, 0.3) is 99.8 Å². The first-order valence-electron chi connectivity index (χ1n) is 49.9. The average molecular weight is 1950 g/mol. The minimum Gasteiger partial charge on any atom is -0.491 e. The second kappa shape index (κ2) is 47.2. The van der Waals surface area contributed by atoms with Gasteiger partial charge in [0, 0.05) is 195 Å². The van der Waals surface area contributed by atoms with E-state index in [1.54, 1.807) is 79.0 Å². The van der Waals surface area contributed by atoms with Gasteiger partial charge in [0.05, 0.1) is 77.4 Å². The number of methoxy groups -OCH3 is 3. The summed E-state index contributed by atoms with van der Waals surface area (Å²) in [5.41, 5.74) is 24.8. The van der Waals surface area contributed by atoms with Crippen LogP contribution in [0, 0.1) is 13.8 Å². The smallest absolute Gasteiger partial charge is 0.352 e. The molecule has 14 heterocycles. The highest BCUT2D eigenvalue weighted by Gasteiger charge is 2.28. The Labute approximate surface area is 843 Å². The lowest BCUT2D eigenvalue weighted by atomic mass is 9.97. The summed E-state index contributed by atoms with van der Waals surface area (Å²) in [6.45, 7) is 40.2. The van der Waals surface area contributed by atoms with Gasteiger partial charge in [0.15, 0.2) is 28.9 Å². The van der Waals surface area contributed by atoms with Crippen LogP contribution in [0.3, 0.4) is 0 Å². The molecule has 0 aliphatic carbocycles. The molecule has 3 N–H and O–H groups in total. The van der Waals surface area contributed by atoms with E-state index in [2.05, 4.69) is 235 Å². The molecule has 0 amide bonds. The number of ether oxygens (including phenoxy) is 5. The number of ketones is 1. The molecule has 0 unspecified atom stereocenters. The lowest BCUT2D eigenvalue weighted by Gasteiger charge is -2.32. The Bertz CT molecular complexity index is 7330. The van der Waals surface area contributed by atoms with Crippen molar-refractivity contribution in [2.45, 2.75) is 197 Å². The van der Waals surface area contributed by atoms with Gasteiger partial charge >= 0.3 is 17.9 Å².